The Bertz CT molecular complexity index is 387. The average molecular weight is 372 g/mol. The summed E-state index contributed by atoms with van der Waals surface area (Å²) < 4.78 is 37.6. The fourth-order valence-electron chi connectivity index (χ4n) is 1.83. The van der Waals surface area contributed by atoms with Crippen LogP contribution in [0.5, 0.6) is 0 Å². The number of anilines is 1. The standard InChI is InChI=1S/C10H12F3IN4/c11-10(12,13)7-17-1-3-18(4-2-17)9-15-5-8(14)6-16-9/h5-6H,1-4,7H2. The maximum absolute atomic E-state index is 12.2. The fraction of sp³-hybridized carbons (Fsp3) is 0.600. The third-order valence-corrected chi connectivity index (χ3v) is 3.22. The Morgan fingerprint density at radius 1 is 1.11 bits per heavy atom. The molecule has 0 unspecified atom stereocenters. The van der Waals surface area contributed by atoms with Gasteiger partial charge in [-0.15, -0.1) is 0 Å². The normalized spacial score (nSPS) is 18.1. The summed E-state index contributed by atoms with van der Waals surface area (Å²) in [5.41, 5.74) is 0. The summed E-state index contributed by atoms with van der Waals surface area (Å²) in [6.07, 6.45) is -0.725. The minimum atomic E-state index is -4.12. The van der Waals surface area contributed by atoms with E-state index in [0.717, 1.165) is 3.57 Å². The van der Waals surface area contributed by atoms with Crippen LogP contribution < -0.4 is 4.90 Å². The van der Waals surface area contributed by atoms with Crippen molar-refractivity contribution in [2.75, 3.05) is 37.6 Å². The number of nitrogens with zero attached hydrogens (tertiary/aromatic N) is 4. The minimum Gasteiger partial charge on any atom is -0.338 e. The molecule has 1 aromatic rings. The molecule has 0 bridgehead atoms. The molecule has 0 aromatic carbocycles. The summed E-state index contributed by atoms with van der Waals surface area (Å²) in [6, 6.07) is 0. The van der Waals surface area contributed by atoms with E-state index in [1.54, 1.807) is 12.4 Å². The topological polar surface area (TPSA) is 32.3 Å². The Labute approximate surface area is 116 Å². The largest absolute Gasteiger partial charge is 0.401 e. The van der Waals surface area contributed by atoms with E-state index < -0.39 is 12.7 Å². The monoisotopic (exact) mass is 372 g/mol. The molecule has 4 nitrogen and oxygen atoms in total. The highest BCUT2D eigenvalue weighted by atomic mass is 127. The summed E-state index contributed by atoms with van der Waals surface area (Å²) in [7, 11) is 0. The summed E-state index contributed by atoms with van der Waals surface area (Å²) in [4.78, 5) is 11.6. The molecule has 0 amide bonds. The van der Waals surface area contributed by atoms with Crippen LogP contribution in [0.3, 0.4) is 0 Å². The molecule has 1 saturated heterocycles. The zero-order chi connectivity index (χ0) is 13.2. The van der Waals surface area contributed by atoms with Crippen molar-refractivity contribution in [2.24, 2.45) is 0 Å². The summed E-state index contributed by atoms with van der Waals surface area (Å²) in [6.45, 7) is 0.978. The minimum absolute atomic E-state index is 0.384. The van der Waals surface area contributed by atoms with Crippen molar-refractivity contribution >= 4 is 28.5 Å². The van der Waals surface area contributed by atoms with E-state index in [9.17, 15) is 13.2 Å². The van der Waals surface area contributed by atoms with Crippen LogP contribution in [0.15, 0.2) is 12.4 Å². The van der Waals surface area contributed by atoms with E-state index >= 15 is 0 Å². The van der Waals surface area contributed by atoms with Gasteiger partial charge in [-0.3, -0.25) is 4.90 Å². The third-order valence-electron chi connectivity index (χ3n) is 2.66. The molecule has 0 atom stereocenters. The van der Waals surface area contributed by atoms with E-state index in [1.807, 2.05) is 4.90 Å². The third kappa shape index (κ3) is 3.94. The SMILES string of the molecule is FC(F)(F)CN1CCN(c2ncc(I)cn2)CC1. The molecule has 1 aliphatic heterocycles. The van der Waals surface area contributed by atoms with E-state index in [2.05, 4.69) is 32.6 Å². The molecule has 100 valence electrons. The second-order valence-electron chi connectivity index (χ2n) is 4.08. The molecule has 2 rings (SSSR count). The van der Waals surface area contributed by atoms with Crippen LogP contribution in [-0.4, -0.2) is 53.8 Å². The number of alkyl halides is 3. The van der Waals surface area contributed by atoms with Gasteiger partial charge in [0.1, 0.15) is 0 Å². The lowest BCUT2D eigenvalue weighted by molar-refractivity contribution is -0.146. The van der Waals surface area contributed by atoms with Crippen molar-refractivity contribution in [3.63, 3.8) is 0 Å². The van der Waals surface area contributed by atoms with Crippen molar-refractivity contribution in [3.05, 3.63) is 16.0 Å². The predicted octanol–water partition coefficient (Wildman–Crippen LogP) is 1.77. The highest BCUT2D eigenvalue weighted by Crippen LogP contribution is 2.18. The van der Waals surface area contributed by atoms with Crippen molar-refractivity contribution in [3.8, 4) is 0 Å². The van der Waals surface area contributed by atoms with Gasteiger partial charge in [0.2, 0.25) is 5.95 Å². The Morgan fingerprint density at radius 3 is 2.17 bits per heavy atom. The molecule has 18 heavy (non-hydrogen) atoms. The van der Waals surface area contributed by atoms with Crippen molar-refractivity contribution in [1.82, 2.24) is 14.9 Å². The highest BCUT2D eigenvalue weighted by Gasteiger charge is 2.32. The molecular formula is C10H12F3IN4. The first kappa shape index (κ1) is 13.8. The molecule has 0 radical (unpaired) electrons. The van der Waals surface area contributed by atoms with E-state index in [1.165, 1.54) is 4.90 Å². The summed E-state index contributed by atoms with van der Waals surface area (Å²) >= 11 is 2.11. The van der Waals surface area contributed by atoms with Crippen LogP contribution in [0, 0.1) is 3.57 Å². The van der Waals surface area contributed by atoms with Crippen LogP contribution >= 0.6 is 22.6 Å². The van der Waals surface area contributed by atoms with Gasteiger partial charge in [-0.25, -0.2) is 9.97 Å². The second kappa shape index (κ2) is 5.55. The van der Waals surface area contributed by atoms with Gasteiger partial charge in [-0.1, -0.05) is 0 Å². The first-order valence-corrected chi connectivity index (χ1v) is 6.53. The molecule has 2 heterocycles. The Balaban J connectivity index is 1.88. The summed E-state index contributed by atoms with van der Waals surface area (Å²) in [5.74, 6) is 0.585. The van der Waals surface area contributed by atoms with Crippen LogP contribution in [0.1, 0.15) is 0 Å². The quantitative estimate of drug-likeness (QED) is 0.741. The average Bonchev–Trinajstić information content (AvgIpc) is 2.29. The number of hydrogen-bond acceptors (Lipinski definition) is 4. The zero-order valence-electron chi connectivity index (χ0n) is 9.49. The lowest BCUT2D eigenvalue weighted by Gasteiger charge is -2.34. The lowest BCUT2D eigenvalue weighted by Crippen LogP contribution is -2.49. The van der Waals surface area contributed by atoms with Crippen LogP contribution in [0.2, 0.25) is 0 Å². The van der Waals surface area contributed by atoms with Crippen molar-refractivity contribution in [2.45, 2.75) is 6.18 Å². The van der Waals surface area contributed by atoms with Gasteiger partial charge in [0.05, 0.1) is 6.54 Å². The number of aromatic nitrogens is 2. The Kier molecular flexibility index (Phi) is 4.25. The van der Waals surface area contributed by atoms with Gasteiger partial charge in [-0.2, -0.15) is 13.2 Å². The first-order chi connectivity index (χ1) is 8.44. The van der Waals surface area contributed by atoms with Crippen LogP contribution in [0.25, 0.3) is 0 Å². The molecule has 1 fully saturated rings. The fourth-order valence-corrected chi connectivity index (χ4v) is 2.11. The van der Waals surface area contributed by atoms with Gasteiger partial charge >= 0.3 is 6.18 Å². The second-order valence-corrected chi connectivity index (χ2v) is 5.33. The Morgan fingerprint density at radius 2 is 1.67 bits per heavy atom. The highest BCUT2D eigenvalue weighted by molar-refractivity contribution is 14.1. The molecule has 0 N–H and O–H groups in total. The van der Waals surface area contributed by atoms with Gasteiger partial charge in [0.15, 0.2) is 0 Å². The van der Waals surface area contributed by atoms with Gasteiger partial charge in [0.25, 0.3) is 0 Å². The number of halogens is 4. The molecule has 8 heteroatoms. The Hall–Kier alpha value is -0.640. The van der Waals surface area contributed by atoms with Crippen molar-refractivity contribution in [1.29, 1.82) is 0 Å². The molecule has 1 aliphatic rings. The number of hydrogen-bond donors (Lipinski definition) is 0. The number of piperazine rings is 1. The lowest BCUT2D eigenvalue weighted by atomic mass is 10.3. The molecule has 0 aliphatic carbocycles. The maximum atomic E-state index is 12.2. The summed E-state index contributed by atoms with van der Waals surface area (Å²) in [5, 5.41) is 0. The predicted molar refractivity (Wildman–Crippen MR) is 69.5 cm³/mol. The van der Waals surface area contributed by atoms with Gasteiger partial charge in [0, 0.05) is 42.1 Å². The molecular weight excluding hydrogens is 360 g/mol. The van der Waals surface area contributed by atoms with Gasteiger partial charge < -0.3 is 4.90 Å². The molecule has 0 saturated carbocycles. The first-order valence-electron chi connectivity index (χ1n) is 5.46. The van der Waals surface area contributed by atoms with Crippen LogP contribution in [-0.2, 0) is 0 Å². The molecule has 1 aromatic heterocycles. The van der Waals surface area contributed by atoms with E-state index in [-0.39, 0.29) is 0 Å². The maximum Gasteiger partial charge on any atom is 0.401 e. The van der Waals surface area contributed by atoms with Crippen LogP contribution in [0.4, 0.5) is 19.1 Å². The smallest absolute Gasteiger partial charge is 0.338 e. The van der Waals surface area contributed by atoms with E-state index in [4.69, 9.17) is 0 Å². The molecule has 0 spiro atoms. The van der Waals surface area contributed by atoms with Gasteiger partial charge in [-0.05, 0) is 22.6 Å². The zero-order valence-corrected chi connectivity index (χ0v) is 11.6. The van der Waals surface area contributed by atoms with Crippen molar-refractivity contribution < 1.29 is 13.2 Å². The van der Waals surface area contributed by atoms with E-state index in [0.29, 0.717) is 32.1 Å². The number of rotatable bonds is 2.